The van der Waals surface area contributed by atoms with Gasteiger partial charge in [0.2, 0.25) is 4.34 Å². The molecular formula is C2H4BrN3O2S2. The lowest BCUT2D eigenvalue weighted by atomic mass is 11.6. The summed E-state index contributed by atoms with van der Waals surface area (Å²) in [5, 5.41) is 11.2. The van der Waals surface area contributed by atoms with Gasteiger partial charge >= 0.3 is 0 Å². The van der Waals surface area contributed by atoms with Crippen molar-refractivity contribution < 1.29 is 8.42 Å². The molecule has 1 rings (SSSR count). The van der Waals surface area contributed by atoms with Gasteiger partial charge in [-0.3, -0.25) is 0 Å². The van der Waals surface area contributed by atoms with Gasteiger partial charge in [-0.15, -0.1) is 27.2 Å². The molecular weight excluding hydrogens is 242 g/mol. The molecule has 5 nitrogen and oxygen atoms in total. The zero-order valence-electron chi connectivity index (χ0n) is 4.59. The van der Waals surface area contributed by atoms with E-state index in [-0.39, 0.29) is 21.3 Å². The fourth-order valence-corrected chi connectivity index (χ4v) is 1.39. The fraction of sp³-hybridized carbons (Fsp3) is 0. The van der Waals surface area contributed by atoms with Gasteiger partial charge in [-0.1, -0.05) is 11.3 Å². The molecule has 0 fully saturated rings. The Morgan fingerprint density at radius 1 is 1.60 bits per heavy atom. The Morgan fingerprint density at radius 2 is 2.20 bits per heavy atom. The van der Waals surface area contributed by atoms with Crippen LogP contribution in [0.5, 0.6) is 0 Å². The minimum atomic E-state index is -3.61. The van der Waals surface area contributed by atoms with Crippen LogP contribution in [0.15, 0.2) is 9.85 Å². The Labute approximate surface area is 72.1 Å². The van der Waals surface area contributed by atoms with Crippen molar-refractivity contribution in [2.45, 2.75) is 4.34 Å². The first-order valence-corrected chi connectivity index (χ1v) is 4.32. The Hall–Kier alpha value is -0.0500. The summed E-state index contributed by atoms with van der Waals surface area (Å²) < 4.78 is 20.6. The fourth-order valence-electron chi connectivity index (χ4n) is 0.287. The molecule has 0 aliphatic heterocycles. The Bertz CT molecular complexity index is 279. The van der Waals surface area contributed by atoms with Crippen LogP contribution >= 0.6 is 28.3 Å². The average molecular weight is 246 g/mol. The highest BCUT2D eigenvalue weighted by Crippen LogP contribution is 2.05. The molecule has 1 aromatic heterocycles. The third-order valence-electron chi connectivity index (χ3n) is 0.583. The first-order valence-electron chi connectivity index (χ1n) is 1.89. The second-order valence-corrected chi connectivity index (χ2v) is 3.82. The minimum absolute atomic E-state index is 0. The molecule has 0 atom stereocenters. The number of hydrogen-bond donors (Lipinski definition) is 1. The summed E-state index contributed by atoms with van der Waals surface area (Å²) in [6, 6.07) is 0. The third-order valence-corrected chi connectivity index (χ3v) is 2.62. The molecule has 0 radical (unpaired) electrons. The zero-order valence-corrected chi connectivity index (χ0v) is 7.94. The van der Waals surface area contributed by atoms with Gasteiger partial charge < -0.3 is 0 Å². The molecule has 1 aromatic rings. The van der Waals surface area contributed by atoms with Crippen LogP contribution in [-0.2, 0) is 10.0 Å². The molecule has 0 unspecified atom stereocenters. The smallest absolute Gasteiger partial charge is 0.223 e. The van der Waals surface area contributed by atoms with E-state index >= 15 is 0 Å². The molecule has 58 valence electrons. The molecule has 0 aliphatic rings. The van der Waals surface area contributed by atoms with E-state index in [0.717, 1.165) is 11.3 Å². The van der Waals surface area contributed by atoms with Gasteiger partial charge in [-0.05, 0) is 0 Å². The summed E-state index contributed by atoms with van der Waals surface area (Å²) in [5.74, 6) is 0. The molecule has 0 aromatic carbocycles. The van der Waals surface area contributed by atoms with Crippen LogP contribution in [0.25, 0.3) is 0 Å². The first-order chi connectivity index (χ1) is 4.11. The van der Waals surface area contributed by atoms with E-state index in [1.165, 1.54) is 5.51 Å². The van der Waals surface area contributed by atoms with Crippen LogP contribution in [0.4, 0.5) is 0 Å². The van der Waals surface area contributed by atoms with Crippen molar-refractivity contribution in [1.29, 1.82) is 0 Å². The molecule has 0 aliphatic carbocycles. The van der Waals surface area contributed by atoms with Crippen LogP contribution in [0.3, 0.4) is 0 Å². The summed E-state index contributed by atoms with van der Waals surface area (Å²) in [7, 11) is -3.61. The molecule has 2 N–H and O–H groups in total. The van der Waals surface area contributed by atoms with Crippen molar-refractivity contribution >= 4 is 38.3 Å². The second-order valence-electron chi connectivity index (χ2n) is 1.25. The molecule has 0 saturated carbocycles. The Balaban J connectivity index is 0.000000810. The summed E-state index contributed by atoms with van der Waals surface area (Å²) in [5.41, 5.74) is 1.31. The van der Waals surface area contributed by atoms with Crippen molar-refractivity contribution in [1.82, 2.24) is 10.2 Å². The summed E-state index contributed by atoms with van der Waals surface area (Å²) in [4.78, 5) is 0. The molecule has 0 amide bonds. The molecule has 10 heavy (non-hydrogen) atoms. The summed E-state index contributed by atoms with van der Waals surface area (Å²) in [6.45, 7) is 0. The monoisotopic (exact) mass is 245 g/mol. The maximum absolute atomic E-state index is 10.4. The van der Waals surface area contributed by atoms with Crippen LogP contribution in [0.2, 0.25) is 0 Å². The van der Waals surface area contributed by atoms with Crippen LogP contribution in [-0.4, -0.2) is 18.6 Å². The van der Waals surface area contributed by atoms with Crippen LogP contribution < -0.4 is 5.14 Å². The van der Waals surface area contributed by atoms with Crippen molar-refractivity contribution in [3.8, 4) is 0 Å². The van der Waals surface area contributed by atoms with Crippen LogP contribution in [0, 0.1) is 0 Å². The van der Waals surface area contributed by atoms with E-state index in [2.05, 4.69) is 15.3 Å². The number of rotatable bonds is 1. The maximum atomic E-state index is 10.4. The minimum Gasteiger partial charge on any atom is -0.223 e. The number of aromatic nitrogens is 2. The van der Waals surface area contributed by atoms with E-state index in [1.54, 1.807) is 0 Å². The number of nitrogens with zero attached hydrogens (tertiary/aromatic N) is 2. The predicted octanol–water partition coefficient (Wildman–Crippen LogP) is -0.237. The molecule has 1 heterocycles. The Morgan fingerprint density at radius 3 is 2.40 bits per heavy atom. The number of halogens is 1. The molecule has 0 bridgehead atoms. The topological polar surface area (TPSA) is 85.9 Å². The van der Waals surface area contributed by atoms with Crippen molar-refractivity contribution in [2.75, 3.05) is 0 Å². The quantitative estimate of drug-likeness (QED) is 0.741. The average Bonchev–Trinajstić information content (AvgIpc) is 2.08. The highest BCUT2D eigenvalue weighted by molar-refractivity contribution is 8.93. The Kier molecular flexibility index (Phi) is 3.36. The molecule has 8 heteroatoms. The lowest BCUT2D eigenvalue weighted by Crippen LogP contribution is -2.11. The number of hydrogen-bond acceptors (Lipinski definition) is 5. The lowest BCUT2D eigenvalue weighted by Gasteiger charge is -1.83. The molecule has 0 saturated heterocycles. The van der Waals surface area contributed by atoms with Gasteiger partial charge in [0.05, 0.1) is 0 Å². The SMILES string of the molecule is Br.NS(=O)(=O)c1nncs1. The summed E-state index contributed by atoms with van der Waals surface area (Å²) in [6.07, 6.45) is 0. The predicted molar refractivity (Wildman–Crippen MR) is 41.6 cm³/mol. The number of sulfonamides is 1. The highest BCUT2D eigenvalue weighted by Gasteiger charge is 2.09. The molecule has 0 spiro atoms. The zero-order chi connectivity index (χ0) is 6.91. The van der Waals surface area contributed by atoms with Gasteiger partial charge in [0.15, 0.2) is 0 Å². The van der Waals surface area contributed by atoms with E-state index in [1.807, 2.05) is 0 Å². The second kappa shape index (κ2) is 3.37. The van der Waals surface area contributed by atoms with Gasteiger partial charge in [0.1, 0.15) is 5.51 Å². The van der Waals surface area contributed by atoms with E-state index in [9.17, 15) is 8.42 Å². The van der Waals surface area contributed by atoms with E-state index in [4.69, 9.17) is 0 Å². The largest absolute Gasteiger partial charge is 0.267 e. The van der Waals surface area contributed by atoms with Gasteiger partial charge in [0.25, 0.3) is 10.0 Å². The highest BCUT2D eigenvalue weighted by atomic mass is 79.9. The van der Waals surface area contributed by atoms with Crippen molar-refractivity contribution in [3.63, 3.8) is 0 Å². The normalized spacial score (nSPS) is 10.5. The number of nitrogens with two attached hydrogens (primary N) is 1. The lowest BCUT2D eigenvalue weighted by molar-refractivity contribution is 0.596. The number of primary sulfonamides is 1. The van der Waals surface area contributed by atoms with Gasteiger partial charge in [-0.2, -0.15) is 0 Å². The van der Waals surface area contributed by atoms with Gasteiger partial charge in [-0.25, -0.2) is 13.6 Å². The standard InChI is InChI=1S/C2H3N3O2S2.BrH/c3-9(6,7)2-5-4-1-8-2;/h1H,(H2,3,6,7);1H. The first kappa shape index (κ1) is 9.95. The van der Waals surface area contributed by atoms with Gasteiger partial charge in [0, 0.05) is 0 Å². The third kappa shape index (κ3) is 2.29. The van der Waals surface area contributed by atoms with E-state index in [0.29, 0.717) is 0 Å². The van der Waals surface area contributed by atoms with Crippen LogP contribution in [0.1, 0.15) is 0 Å². The summed E-state index contributed by atoms with van der Waals surface area (Å²) >= 11 is 0.895. The van der Waals surface area contributed by atoms with Crippen molar-refractivity contribution in [2.24, 2.45) is 5.14 Å². The maximum Gasteiger partial charge on any atom is 0.267 e. The van der Waals surface area contributed by atoms with E-state index < -0.39 is 10.0 Å². The van der Waals surface area contributed by atoms with Crippen molar-refractivity contribution in [3.05, 3.63) is 5.51 Å².